The van der Waals surface area contributed by atoms with Gasteiger partial charge in [0.2, 0.25) is 0 Å². The molecule has 0 aromatic carbocycles. The summed E-state index contributed by atoms with van der Waals surface area (Å²) in [5, 5.41) is 1.21. The summed E-state index contributed by atoms with van der Waals surface area (Å²) >= 11 is 0. The van der Waals surface area contributed by atoms with Crippen LogP contribution >= 0.6 is 0 Å². The standard InChI is InChI=1S/C7H13NO2/c1-4-6-10-8(3)7(9)5-2/h4,6H,5H2,1-3H3/b6-4-. The van der Waals surface area contributed by atoms with Crippen molar-refractivity contribution < 1.29 is 9.63 Å². The molecule has 1 amide bonds. The third-order valence-corrected chi connectivity index (χ3v) is 1.01. The summed E-state index contributed by atoms with van der Waals surface area (Å²) < 4.78 is 0. The smallest absolute Gasteiger partial charge is 0.254 e. The summed E-state index contributed by atoms with van der Waals surface area (Å²) in [6.07, 6.45) is 3.65. The van der Waals surface area contributed by atoms with Crippen LogP contribution in [0, 0.1) is 0 Å². The molecule has 0 spiro atoms. The van der Waals surface area contributed by atoms with Crippen molar-refractivity contribution in [3.63, 3.8) is 0 Å². The van der Waals surface area contributed by atoms with E-state index in [4.69, 9.17) is 4.84 Å². The van der Waals surface area contributed by atoms with Crippen LogP contribution in [0.5, 0.6) is 0 Å². The topological polar surface area (TPSA) is 29.5 Å². The number of hydroxylamine groups is 2. The van der Waals surface area contributed by atoms with Crippen molar-refractivity contribution in [1.82, 2.24) is 5.06 Å². The number of amides is 1. The monoisotopic (exact) mass is 143 g/mol. The van der Waals surface area contributed by atoms with Gasteiger partial charge in [-0.2, -0.15) is 5.06 Å². The first kappa shape index (κ1) is 9.01. The van der Waals surface area contributed by atoms with Gasteiger partial charge in [-0.1, -0.05) is 6.92 Å². The van der Waals surface area contributed by atoms with E-state index < -0.39 is 0 Å². The maximum atomic E-state index is 10.8. The van der Waals surface area contributed by atoms with Crippen molar-refractivity contribution >= 4 is 5.91 Å². The second-order valence-corrected chi connectivity index (χ2v) is 1.82. The molecule has 10 heavy (non-hydrogen) atoms. The highest BCUT2D eigenvalue weighted by molar-refractivity contribution is 5.74. The van der Waals surface area contributed by atoms with E-state index in [1.165, 1.54) is 11.3 Å². The van der Waals surface area contributed by atoms with Crippen molar-refractivity contribution in [3.05, 3.63) is 12.3 Å². The third kappa shape index (κ3) is 3.12. The van der Waals surface area contributed by atoms with Gasteiger partial charge in [0.15, 0.2) is 0 Å². The molecule has 0 aliphatic rings. The highest BCUT2D eigenvalue weighted by Gasteiger charge is 2.02. The van der Waals surface area contributed by atoms with Crippen molar-refractivity contribution in [2.24, 2.45) is 0 Å². The Labute approximate surface area is 61.2 Å². The molecule has 58 valence electrons. The molecule has 0 heterocycles. The summed E-state index contributed by atoms with van der Waals surface area (Å²) in [5.41, 5.74) is 0. The second kappa shape index (κ2) is 4.85. The Morgan fingerprint density at radius 2 is 2.30 bits per heavy atom. The van der Waals surface area contributed by atoms with Gasteiger partial charge in [-0.3, -0.25) is 4.79 Å². The zero-order valence-corrected chi connectivity index (χ0v) is 6.63. The molecule has 3 nitrogen and oxygen atoms in total. The van der Waals surface area contributed by atoms with E-state index in [1.807, 2.05) is 6.92 Å². The molecular formula is C7H13NO2. The number of carbonyl (C=O) groups excluding carboxylic acids is 1. The molecule has 0 fully saturated rings. The quantitative estimate of drug-likeness (QED) is 0.440. The fourth-order valence-corrected chi connectivity index (χ4v) is 0.434. The zero-order chi connectivity index (χ0) is 7.98. The Hall–Kier alpha value is -0.990. The molecule has 3 heteroatoms. The molecule has 0 aliphatic heterocycles. The molecule has 0 saturated heterocycles. The number of allylic oxidation sites excluding steroid dienone is 1. The summed E-state index contributed by atoms with van der Waals surface area (Å²) in [6, 6.07) is 0. The van der Waals surface area contributed by atoms with Crippen LogP contribution in [0.4, 0.5) is 0 Å². The third-order valence-electron chi connectivity index (χ3n) is 1.01. The highest BCUT2D eigenvalue weighted by Crippen LogP contribution is 1.91. The van der Waals surface area contributed by atoms with Crippen molar-refractivity contribution in [3.8, 4) is 0 Å². The lowest BCUT2D eigenvalue weighted by atomic mass is 10.5. The van der Waals surface area contributed by atoms with Crippen LogP contribution in [0.1, 0.15) is 20.3 Å². The molecule has 0 N–H and O–H groups in total. The van der Waals surface area contributed by atoms with Gasteiger partial charge >= 0.3 is 0 Å². The first-order valence-corrected chi connectivity index (χ1v) is 3.26. The molecule has 0 saturated carbocycles. The van der Waals surface area contributed by atoms with E-state index in [0.717, 1.165) is 0 Å². The second-order valence-electron chi connectivity index (χ2n) is 1.82. The highest BCUT2D eigenvalue weighted by atomic mass is 16.7. The van der Waals surface area contributed by atoms with Crippen LogP contribution in [-0.4, -0.2) is 18.0 Å². The predicted molar refractivity (Wildman–Crippen MR) is 39.0 cm³/mol. The summed E-state index contributed by atoms with van der Waals surface area (Å²) in [5.74, 6) is -0.0295. The van der Waals surface area contributed by atoms with Crippen LogP contribution in [0.25, 0.3) is 0 Å². The normalized spacial score (nSPS) is 9.90. The van der Waals surface area contributed by atoms with Gasteiger partial charge in [0.1, 0.15) is 6.26 Å². The minimum absolute atomic E-state index is 0.0295. The van der Waals surface area contributed by atoms with Crippen molar-refractivity contribution in [1.29, 1.82) is 0 Å². The number of carbonyl (C=O) groups is 1. The van der Waals surface area contributed by atoms with E-state index in [9.17, 15) is 4.79 Å². The SMILES string of the molecule is C/C=C\ON(C)C(=O)CC. The van der Waals surface area contributed by atoms with E-state index in [2.05, 4.69) is 0 Å². The molecule has 0 rings (SSSR count). The van der Waals surface area contributed by atoms with Crippen LogP contribution in [-0.2, 0) is 9.63 Å². The maximum absolute atomic E-state index is 10.8. The Morgan fingerprint density at radius 3 is 2.70 bits per heavy atom. The molecule has 0 atom stereocenters. The van der Waals surface area contributed by atoms with E-state index in [-0.39, 0.29) is 5.91 Å². The molecule has 0 aromatic heterocycles. The van der Waals surface area contributed by atoms with E-state index >= 15 is 0 Å². The fraction of sp³-hybridized carbons (Fsp3) is 0.571. The zero-order valence-electron chi connectivity index (χ0n) is 6.63. The van der Waals surface area contributed by atoms with Gasteiger partial charge in [0.05, 0.1) is 0 Å². The van der Waals surface area contributed by atoms with Crippen LogP contribution < -0.4 is 0 Å². The Kier molecular flexibility index (Phi) is 4.37. The van der Waals surface area contributed by atoms with Crippen LogP contribution in [0.2, 0.25) is 0 Å². The number of rotatable bonds is 3. The van der Waals surface area contributed by atoms with Crippen LogP contribution in [0.3, 0.4) is 0 Å². The Morgan fingerprint density at radius 1 is 1.70 bits per heavy atom. The van der Waals surface area contributed by atoms with Gasteiger partial charge < -0.3 is 4.84 Å². The molecule has 0 aromatic rings. The number of nitrogens with zero attached hydrogens (tertiary/aromatic N) is 1. The minimum atomic E-state index is -0.0295. The predicted octanol–water partition coefficient (Wildman–Crippen LogP) is 1.32. The van der Waals surface area contributed by atoms with Gasteiger partial charge in [0, 0.05) is 13.5 Å². The van der Waals surface area contributed by atoms with Gasteiger partial charge in [-0.25, -0.2) is 0 Å². The molecule has 0 bridgehead atoms. The first-order valence-electron chi connectivity index (χ1n) is 3.26. The van der Waals surface area contributed by atoms with Gasteiger partial charge in [-0.15, -0.1) is 0 Å². The number of hydrogen-bond acceptors (Lipinski definition) is 2. The lowest BCUT2D eigenvalue weighted by molar-refractivity contribution is -0.160. The first-order chi connectivity index (χ1) is 4.72. The lowest BCUT2D eigenvalue weighted by Gasteiger charge is -2.12. The lowest BCUT2D eigenvalue weighted by Crippen LogP contribution is -2.23. The van der Waals surface area contributed by atoms with Crippen LogP contribution in [0.15, 0.2) is 12.3 Å². The molecular weight excluding hydrogens is 130 g/mol. The van der Waals surface area contributed by atoms with E-state index in [1.54, 1.807) is 20.0 Å². The van der Waals surface area contributed by atoms with Gasteiger partial charge in [-0.05, 0) is 13.0 Å². The van der Waals surface area contributed by atoms with E-state index in [0.29, 0.717) is 6.42 Å². The summed E-state index contributed by atoms with van der Waals surface area (Å²) in [6.45, 7) is 3.61. The Balaban J connectivity index is 3.61. The largest absolute Gasteiger partial charge is 0.385 e. The minimum Gasteiger partial charge on any atom is -0.385 e. The molecule has 0 aliphatic carbocycles. The molecule has 0 unspecified atom stereocenters. The van der Waals surface area contributed by atoms with Crippen molar-refractivity contribution in [2.45, 2.75) is 20.3 Å². The number of hydrogen-bond donors (Lipinski definition) is 0. The van der Waals surface area contributed by atoms with Gasteiger partial charge in [0.25, 0.3) is 5.91 Å². The average Bonchev–Trinajstić information content (AvgIpc) is 1.98. The fourth-order valence-electron chi connectivity index (χ4n) is 0.434. The van der Waals surface area contributed by atoms with Crippen molar-refractivity contribution in [2.75, 3.05) is 7.05 Å². The Bertz CT molecular complexity index is 132. The summed E-state index contributed by atoms with van der Waals surface area (Å²) in [7, 11) is 1.59. The summed E-state index contributed by atoms with van der Waals surface area (Å²) in [4.78, 5) is 15.6. The average molecular weight is 143 g/mol. The molecule has 0 radical (unpaired) electrons. The maximum Gasteiger partial charge on any atom is 0.254 e.